The van der Waals surface area contributed by atoms with Crippen molar-refractivity contribution in [2.75, 3.05) is 7.11 Å². The second kappa shape index (κ2) is 24.5. The van der Waals surface area contributed by atoms with Gasteiger partial charge in [0.25, 0.3) is 0 Å². The molecule has 426 valence electrons. The third-order valence-corrected chi connectivity index (χ3v) is 33.2. The molecule has 0 amide bonds. The molecular formula is C60H108O11Si3. The SMILES string of the molecule is C=C1CC2CCC(O)/C=C/[C@H](O[Si](C)(C)C(C)(C)C)[C@@H]3O[C@H]4CC[C@H](CC(=O)CC5[C@H](CC6O[C@@H](CCC1O2)C[C@@H](C)C6=C)O[C@H](CC(C)CC)[C@@H]5OC)O[C@@H]4[C@H](O[Si](C)(C)C(C)(C)C)[C@@H]3O[Si](C)(C)C(C)(C)C. The van der Waals surface area contributed by atoms with Crippen molar-refractivity contribution in [3.8, 4) is 0 Å². The second-order valence-electron chi connectivity index (χ2n) is 28.7. The molecular weight excluding hydrogens is 981 g/mol. The highest BCUT2D eigenvalue weighted by atomic mass is 28.4. The molecule has 1 N–H and O–H groups in total. The van der Waals surface area contributed by atoms with Gasteiger partial charge < -0.3 is 46.8 Å². The first-order valence-corrected chi connectivity index (χ1v) is 38.0. The summed E-state index contributed by atoms with van der Waals surface area (Å²) in [7, 11) is -5.73. The minimum Gasteiger partial charge on any atom is -0.408 e. The Morgan fingerprint density at radius 3 is 1.80 bits per heavy atom. The molecule has 8 rings (SSSR count). The third-order valence-electron chi connectivity index (χ3n) is 19.8. The van der Waals surface area contributed by atoms with Crippen molar-refractivity contribution < 1.29 is 51.6 Å². The van der Waals surface area contributed by atoms with Gasteiger partial charge in [-0.05, 0) is 135 Å². The van der Waals surface area contributed by atoms with Gasteiger partial charge in [-0.25, -0.2) is 0 Å². The summed E-state index contributed by atoms with van der Waals surface area (Å²) in [5.41, 5.74) is 2.21. The van der Waals surface area contributed by atoms with Gasteiger partial charge in [0.15, 0.2) is 25.0 Å². The van der Waals surface area contributed by atoms with Crippen molar-refractivity contribution in [2.24, 2.45) is 17.8 Å². The van der Waals surface area contributed by atoms with Crippen LogP contribution in [0.2, 0.25) is 54.4 Å². The Labute approximate surface area is 454 Å². The molecule has 14 heteroatoms. The van der Waals surface area contributed by atoms with Gasteiger partial charge in [0, 0.05) is 32.3 Å². The number of hydrogen-bond acceptors (Lipinski definition) is 11. The van der Waals surface area contributed by atoms with Gasteiger partial charge in [-0.15, -0.1) is 0 Å². The molecule has 8 bridgehead atoms. The fourth-order valence-electron chi connectivity index (χ4n) is 11.6. The van der Waals surface area contributed by atoms with Crippen LogP contribution < -0.4 is 0 Å². The number of hydrogen-bond donors (Lipinski definition) is 1. The molecule has 5 saturated heterocycles. The molecule has 8 heterocycles. The summed E-state index contributed by atoms with van der Waals surface area (Å²) in [6.07, 6.45) is 8.29. The lowest BCUT2D eigenvalue weighted by molar-refractivity contribution is -0.266. The zero-order valence-electron chi connectivity index (χ0n) is 50.2. The van der Waals surface area contributed by atoms with Crippen molar-refractivity contribution >= 4 is 30.7 Å². The van der Waals surface area contributed by atoms with Gasteiger partial charge in [-0.1, -0.05) is 115 Å². The molecule has 0 saturated carbocycles. The predicted octanol–water partition coefficient (Wildman–Crippen LogP) is 13.6. The summed E-state index contributed by atoms with van der Waals surface area (Å²) in [5, 5.41) is 11.5. The summed E-state index contributed by atoms with van der Waals surface area (Å²) in [6.45, 7) is 50.1. The molecule has 8 aliphatic heterocycles. The number of ketones is 1. The van der Waals surface area contributed by atoms with Gasteiger partial charge in [0.05, 0.1) is 67.1 Å². The lowest BCUT2D eigenvalue weighted by atomic mass is 9.81. The van der Waals surface area contributed by atoms with Crippen LogP contribution in [0.4, 0.5) is 0 Å². The van der Waals surface area contributed by atoms with E-state index in [4.69, 9.17) is 41.7 Å². The van der Waals surface area contributed by atoms with Crippen LogP contribution in [0, 0.1) is 17.8 Å². The Kier molecular flexibility index (Phi) is 20.6. The molecule has 6 unspecified atom stereocenters. The first-order valence-electron chi connectivity index (χ1n) is 29.2. The molecule has 0 aromatic rings. The Bertz CT molecular complexity index is 1920. The van der Waals surface area contributed by atoms with Crippen molar-refractivity contribution in [1.29, 1.82) is 0 Å². The van der Waals surface area contributed by atoms with Gasteiger partial charge in [0.1, 0.15) is 30.2 Å². The average molecular weight is 1090 g/mol. The molecule has 0 aromatic heterocycles. The molecule has 0 spiro atoms. The van der Waals surface area contributed by atoms with Crippen LogP contribution in [0.3, 0.4) is 0 Å². The summed E-state index contributed by atoms with van der Waals surface area (Å²) in [6, 6.07) is 0. The van der Waals surface area contributed by atoms with Gasteiger partial charge in [-0.2, -0.15) is 0 Å². The maximum absolute atomic E-state index is 14.9. The van der Waals surface area contributed by atoms with E-state index in [0.717, 1.165) is 49.7 Å². The van der Waals surface area contributed by atoms with Crippen LogP contribution in [-0.4, -0.2) is 135 Å². The highest BCUT2D eigenvalue weighted by Crippen LogP contribution is 2.49. The number of fused-ring (bicyclic) bond motifs is 2. The summed E-state index contributed by atoms with van der Waals surface area (Å²) >= 11 is 0. The van der Waals surface area contributed by atoms with Crippen LogP contribution in [0.1, 0.15) is 167 Å². The smallest absolute Gasteiger partial charge is 0.193 e. The zero-order valence-corrected chi connectivity index (χ0v) is 53.2. The molecule has 18 atom stereocenters. The number of methoxy groups -OCH3 is 1. The lowest BCUT2D eigenvalue weighted by Gasteiger charge is -2.56. The third kappa shape index (κ3) is 14.9. The van der Waals surface area contributed by atoms with E-state index in [0.29, 0.717) is 44.4 Å². The van der Waals surface area contributed by atoms with Crippen LogP contribution in [-0.2, 0) is 46.5 Å². The van der Waals surface area contributed by atoms with Gasteiger partial charge >= 0.3 is 0 Å². The van der Waals surface area contributed by atoms with Gasteiger partial charge in [0.2, 0.25) is 0 Å². The number of aliphatic hydroxyl groups excluding tert-OH is 1. The fourth-order valence-corrected chi connectivity index (χ4v) is 15.4. The minimum atomic E-state index is -2.53. The number of carbonyl (C=O) groups is 1. The molecule has 0 aliphatic carbocycles. The Balaban J connectivity index is 1.43. The van der Waals surface area contributed by atoms with Crippen LogP contribution in [0.15, 0.2) is 36.5 Å². The summed E-state index contributed by atoms with van der Waals surface area (Å²) in [4.78, 5) is 14.9. The first kappa shape index (κ1) is 62.3. The largest absolute Gasteiger partial charge is 0.408 e. The zero-order chi connectivity index (χ0) is 55.1. The number of aliphatic hydroxyl groups is 1. The molecule has 0 aromatic carbocycles. The second-order valence-corrected chi connectivity index (χ2v) is 42.9. The number of rotatable bonds is 10. The van der Waals surface area contributed by atoms with Crippen molar-refractivity contribution in [1.82, 2.24) is 0 Å². The normalized spacial score (nSPS) is 38.8. The maximum Gasteiger partial charge on any atom is 0.193 e. The standard InChI is InChI=1S/C60H108O11Si3/c1-22-37(2)31-52-53(63-15)46-35-42(62)34-45-27-30-48-54(66-45)56(70-73(18,19)59(9,10)11)57(71-74(20,21)60(12,13)14)55(68-48)49(69-72(16,17)58(6,7)8)28-24-41(61)23-25-43-33-39(4)47(64-43)29-26-44-32-38(3)40(5)50(65-44)36-51(46)67-52/h24,28,37-38,41,43-57,61H,4-5,22-23,25-27,29-36H2,1-3,6-21H3/b28-24+/t37?,38-,41?,43?,44+,45-,46?,47?,48+,49+,50?,51+,52-,53-,54+,55+,56+,57-/m1/s1. The van der Waals surface area contributed by atoms with Crippen molar-refractivity contribution in [2.45, 2.75) is 313 Å². The molecule has 11 nitrogen and oxygen atoms in total. The van der Waals surface area contributed by atoms with E-state index in [2.05, 4.69) is 142 Å². The Morgan fingerprint density at radius 1 is 0.649 bits per heavy atom. The predicted molar refractivity (Wildman–Crippen MR) is 306 cm³/mol. The van der Waals surface area contributed by atoms with E-state index in [-0.39, 0.29) is 94.1 Å². The van der Waals surface area contributed by atoms with E-state index in [1.807, 2.05) is 6.08 Å². The lowest BCUT2D eigenvalue weighted by Crippen LogP contribution is -2.69. The van der Waals surface area contributed by atoms with E-state index in [1.54, 1.807) is 7.11 Å². The van der Waals surface area contributed by atoms with E-state index in [1.165, 1.54) is 0 Å². The summed E-state index contributed by atoms with van der Waals surface area (Å²) in [5.74, 6) is 0.744. The number of carbonyl (C=O) groups excluding carboxylic acids is 1. The van der Waals surface area contributed by atoms with Crippen LogP contribution >= 0.6 is 0 Å². The van der Waals surface area contributed by atoms with Crippen LogP contribution in [0.25, 0.3) is 0 Å². The highest BCUT2D eigenvalue weighted by Gasteiger charge is 2.58. The monoisotopic (exact) mass is 1090 g/mol. The highest BCUT2D eigenvalue weighted by molar-refractivity contribution is 6.75. The number of ether oxygens (including phenoxy) is 6. The Morgan fingerprint density at radius 2 is 1.20 bits per heavy atom. The summed E-state index contributed by atoms with van der Waals surface area (Å²) < 4.78 is 64.8. The molecule has 5 fully saturated rings. The van der Waals surface area contributed by atoms with Gasteiger partial charge in [-0.3, -0.25) is 4.79 Å². The van der Waals surface area contributed by atoms with Crippen molar-refractivity contribution in [3.63, 3.8) is 0 Å². The topological polar surface area (TPSA) is 120 Å². The molecule has 74 heavy (non-hydrogen) atoms. The Hall–Kier alpha value is -0.859. The fraction of sp³-hybridized carbons (Fsp3) is 0.883. The average Bonchev–Trinajstić information content (AvgIpc) is 3.80. The van der Waals surface area contributed by atoms with Crippen LogP contribution in [0.5, 0.6) is 0 Å². The molecule has 0 radical (unpaired) electrons. The maximum atomic E-state index is 14.9. The van der Waals surface area contributed by atoms with E-state index < -0.39 is 61.6 Å². The minimum absolute atomic E-state index is 0.0206. The molecule has 8 aliphatic rings. The number of Topliss-reactive ketones (excluding diaryl/α,β-unsaturated/α-hetero) is 1. The quantitative estimate of drug-likeness (QED) is 0.166. The van der Waals surface area contributed by atoms with Crippen molar-refractivity contribution in [3.05, 3.63) is 36.5 Å². The first-order chi connectivity index (χ1) is 34.1. The van der Waals surface area contributed by atoms with E-state index in [9.17, 15) is 9.90 Å². The van der Waals surface area contributed by atoms with E-state index >= 15 is 0 Å².